The third-order valence-electron chi connectivity index (χ3n) is 2.64. The molecule has 102 valence electrons. The second kappa shape index (κ2) is 9.34. The first-order valence-electron chi connectivity index (χ1n) is 6.52. The molecule has 0 bridgehead atoms. The molecule has 0 radical (unpaired) electrons. The Morgan fingerprint density at radius 3 is 2.83 bits per heavy atom. The Bertz CT molecular complexity index is 347. The Balaban J connectivity index is 2.09. The van der Waals surface area contributed by atoms with E-state index in [1.807, 2.05) is 0 Å². The van der Waals surface area contributed by atoms with Crippen molar-refractivity contribution in [2.75, 3.05) is 19.7 Å². The number of nitrogens with one attached hydrogen (secondary N) is 1. The van der Waals surface area contributed by atoms with E-state index in [-0.39, 0.29) is 5.82 Å². The van der Waals surface area contributed by atoms with Crippen LogP contribution in [0.3, 0.4) is 0 Å². The molecule has 1 rings (SSSR count). The molecule has 0 unspecified atom stereocenters. The Labute approximate surface area is 117 Å². The van der Waals surface area contributed by atoms with Gasteiger partial charge in [-0.15, -0.1) is 0 Å². The fraction of sp³-hybridized carbons (Fsp3) is 0.571. The maximum absolute atomic E-state index is 13.3. The van der Waals surface area contributed by atoms with Crippen molar-refractivity contribution in [3.8, 4) is 5.75 Å². The van der Waals surface area contributed by atoms with Gasteiger partial charge in [0.2, 0.25) is 0 Å². The molecule has 0 aliphatic rings. The van der Waals surface area contributed by atoms with E-state index in [2.05, 4.69) is 28.2 Å². The van der Waals surface area contributed by atoms with E-state index in [0.717, 1.165) is 17.6 Å². The number of hydrogen-bond donors (Lipinski definition) is 1. The Morgan fingerprint density at radius 1 is 1.22 bits per heavy atom. The zero-order chi connectivity index (χ0) is 13.2. The summed E-state index contributed by atoms with van der Waals surface area (Å²) < 4.78 is 19.5. The van der Waals surface area contributed by atoms with Gasteiger partial charge in [0, 0.05) is 11.0 Å². The van der Waals surface area contributed by atoms with Gasteiger partial charge in [-0.3, -0.25) is 0 Å². The molecule has 0 saturated carbocycles. The molecule has 2 nitrogen and oxygen atoms in total. The minimum absolute atomic E-state index is 0.303. The van der Waals surface area contributed by atoms with E-state index in [0.29, 0.717) is 12.4 Å². The molecular weight excluding hydrogens is 297 g/mol. The molecule has 0 atom stereocenters. The third-order valence-corrected chi connectivity index (χ3v) is 3.13. The molecule has 1 aromatic rings. The average molecular weight is 318 g/mol. The van der Waals surface area contributed by atoms with E-state index >= 15 is 0 Å². The topological polar surface area (TPSA) is 21.3 Å². The van der Waals surface area contributed by atoms with Crippen molar-refractivity contribution in [2.24, 2.45) is 0 Å². The molecule has 18 heavy (non-hydrogen) atoms. The SMILES string of the molecule is CCCCCCNCCOc1cc(Br)ccc1F. The van der Waals surface area contributed by atoms with Crippen LogP contribution in [0.15, 0.2) is 22.7 Å². The molecule has 4 heteroatoms. The van der Waals surface area contributed by atoms with Crippen molar-refractivity contribution < 1.29 is 9.13 Å². The zero-order valence-corrected chi connectivity index (χ0v) is 12.4. The van der Waals surface area contributed by atoms with E-state index in [1.54, 1.807) is 12.1 Å². The summed E-state index contributed by atoms with van der Waals surface area (Å²) in [5.41, 5.74) is 0. The highest BCUT2D eigenvalue weighted by Gasteiger charge is 2.03. The highest BCUT2D eigenvalue weighted by Crippen LogP contribution is 2.21. The number of ether oxygens (including phenoxy) is 1. The molecule has 0 spiro atoms. The molecule has 1 aromatic carbocycles. The van der Waals surface area contributed by atoms with Crippen molar-refractivity contribution >= 4 is 15.9 Å². The fourth-order valence-corrected chi connectivity index (χ4v) is 1.96. The van der Waals surface area contributed by atoms with Gasteiger partial charge in [0.1, 0.15) is 6.61 Å². The van der Waals surface area contributed by atoms with E-state index in [9.17, 15) is 4.39 Å². The minimum atomic E-state index is -0.318. The molecule has 0 fully saturated rings. The summed E-state index contributed by atoms with van der Waals surface area (Å²) in [6.07, 6.45) is 5.01. The largest absolute Gasteiger partial charge is 0.489 e. The molecule has 0 aliphatic heterocycles. The van der Waals surface area contributed by atoms with Crippen molar-refractivity contribution in [1.82, 2.24) is 5.32 Å². The Hall–Kier alpha value is -0.610. The standard InChI is InChI=1S/C14H21BrFNO/c1-2-3-4-5-8-17-9-10-18-14-11-12(15)6-7-13(14)16/h6-7,11,17H,2-5,8-10H2,1H3. The predicted octanol–water partition coefficient (Wildman–Crippen LogP) is 4.14. The van der Waals surface area contributed by atoms with Gasteiger partial charge in [0.25, 0.3) is 0 Å². The van der Waals surface area contributed by atoms with Crippen LogP contribution in [-0.4, -0.2) is 19.7 Å². The highest BCUT2D eigenvalue weighted by atomic mass is 79.9. The van der Waals surface area contributed by atoms with Crippen LogP contribution in [0.4, 0.5) is 4.39 Å². The third kappa shape index (κ3) is 6.36. The first kappa shape index (κ1) is 15.4. The second-order valence-electron chi connectivity index (χ2n) is 4.23. The van der Waals surface area contributed by atoms with Gasteiger partial charge in [-0.25, -0.2) is 4.39 Å². The van der Waals surface area contributed by atoms with Crippen molar-refractivity contribution in [1.29, 1.82) is 0 Å². The zero-order valence-electron chi connectivity index (χ0n) is 10.8. The van der Waals surface area contributed by atoms with Crippen LogP contribution in [0.2, 0.25) is 0 Å². The maximum Gasteiger partial charge on any atom is 0.165 e. The molecular formula is C14H21BrFNO. The summed E-state index contributed by atoms with van der Waals surface area (Å²) >= 11 is 3.29. The Morgan fingerprint density at radius 2 is 2.06 bits per heavy atom. The molecule has 0 aliphatic carbocycles. The minimum Gasteiger partial charge on any atom is -0.489 e. The molecule has 0 saturated heterocycles. The lowest BCUT2D eigenvalue weighted by Crippen LogP contribution is -2.22. The van der Waals surface area contributed by atoms with Gasteiger partial charge in [0.15, 0.2) is 11.6 Å². The smallest absolute Gasteiger partial charge is 0.165 e. The van der Waals surface area contributed by atoms with Crippen molar-refractivity contribution in [3.63, 3.8) is 0 Å². The van der Waals surface area contributed by atoms with Crippen LogP contribution in [0.1, 0.15) is 32.6 Å². The van der Waals surface area contributed by atoms with Crippen LogP contribution < -0.4 is 10.1 Å². The summed E-state index contributed by atoms with van der Waals surface area (Å²) in [6, 6.07) is 4.71. The number of rotatable bonds is 9. The lowest BCUT2D eigenvalue weighted by Gasteiger charge is -2.08. The van der Waals surface area contributed by atoms with Crippen LogP contribution in [-0.2, 0) is 0 Å². The van der Waals surface area contributed by atoms with Crippen molar-refractivity contribution in [2.45, 2.75) is 32.6 Å². The van der Waals surface area contributed by atoms with Crippen LogP contribution in [0, 0.1) is 5.82 Å². The van der Waals surface area contributed by atoms with Crippen LogP contribution in [0.25, 0.3) is 0 Å². The molecule has 1 N–H and O–H groups in total. The number of hydrogen-bond acceptors (Lipinski definition) is 2. The fourth-order valence-electron chi connectivity index (χ4n) is 1.62. The average Bonchev–Trinajstić information content (AvgIpc) is 2.36. The highest BCUT2D eigenvalue weighted by molar-refractivity contribution is 9.10. The number of halogens is 2. The summed E-state index contributed by atoms with van der Waals surface area (Å²) in [7, 11) is 0. The van der Waals surface area contributed by atoms with Gasteiger partial charge < -0.3 is 10.1 Å². The second-order valence-corrected chi connectivity index (χ2v) is 5.15. The summed E-state index contributed by atoms with van der Waals surface area (Å²) in [5, 5.41) is 3.29. The first-order chi connectivity index (χ1) is 8.74. The summed E-state index contributed by atoms with van der Waals surface area (Å²) in [5.74, 6) is -0.0155. The normalized spacial score (nSPS) is 10.6. The van der Waals surface area contributed by atoms with Crippen LogP contribution in [0.5, 0.6) is 5.75 Å². The van der Waals surface area contributed by atoms with Crippen LogP contribution >= 0.6 is 15.9 Å². The lowest BCUT2D eigenvalue weighted by molar-refractivity contribution is 0.298. The predicted molar refractivity (Wildman–Crippen MR) is 76.6 cm³/mol. The first-order valence-corrected chi connectivity index (χ1v) is 7.32. The van der Waals surface area contributed by atoms with Crippen molar-refractivity contribution in [3.05, 3.63) is 28.5 Å². The van der Waals surface area contributed by atoms with E-state index < -0.39 is 0 Å². The molecule has 0 amide bonds. The number of unbranched alkanes of at least 4 members (excludes halogenated alkanes) is 3. The van der Waals surface area contributed by atoms with E-state index in [1.165, 1.54) is 31.7 Å². The Kier molecular flexibility index (Phi) is 8.01. The summed E-state index contributed by atoms with van der Waals surface area (Å²) in [6.45, 7) is 4.44. The van der Waals surface area contributed by atoms with Gasteiger partial charge in [-0.2, -0.15) is 0 Å². The van der Waals surface area contributed by atoms with Gasteiger partial charge in [-0.05, 0) is 31.2 Å². The van der Waals surface area contributed by atoms with Gasteiger partial charge in [0.05, 0.1) is 0 Å². The lowest BCUT2D eigenvalue weighted by atomic mass is 10.2. The van der Waals surface area contributed by atoms with Gasteiger partial charge >= 0.3 is 0 Å². The quantitative estimate of drug-likeness (QED) is 0.691. The van der Waals surface area contributed by atoms with Gasteiger partial charge in [-0.1, -0.05) is 42.1 Å². The monoisotopic (exact) mass is 317 g/mol. The molecule has 0 aromatic heterocycles. The van der Waals surface area contributed by atoms with E-state index in [4.69, 9.17) is 4.74 Å². The number of benzene rings is 1. The molecule has 0 heterocycles. The maximum atomic E-state index is 13.3. The summed E-state index contributed by atoms with van der Waals surface area (Å²) in [4.78, 5) is 0.